The molecule has 0 N–H and O–H groups in total. The Morgan fingerprint density at radius 3 is 2.42 bits per heavy atom. The lowest BCUT2D eigenvalue weighted by Gasteiger charge is -2.26. The summed E-state index contributed by atoms with van der Waals surface area (Å²) in [5, 5.41) is 0. The van der Waals surface area contributed by atoms with E-state index in [9.17, 15) is 9.59 Å². The molecule has 1 saturated heterocycles. The van der Waals surface area contributed by atoms with Gasteiger partial charge >= 0.3 is 0 Å². The van der Waals surface area contributed by atoms with Crippen LogP contribution < -0.4 is 4.74 Å². The first-order valence-electron chi connectivity index (χ1n) is 8.85. The van der Waals surface area contributed by atoms with Crippen LogP contribution in [0.2, 0.25) is 0 Å². The lowest BCUT2D eigenvalue weighted by molar-refractivity contribution is -0.132. The van der Waals surface area contributed by atoms with E-state index in [-0.39, 0.29) is 17.9 Å². The van der Waals surface area contributed by atoms with Crippen LogP contribution >= 0.6 is 0 Å². The van der Waals surface area contributed by atoms with E-state index < -0.39 is 0 Å². The third-order valence-electron chi connectivity index (χ3n) is 4.59. The maximum absolute atomic E-state index is 12.8. The van der Waals surface area contributed by atoms with Crippen molar-refractivity contribution in [1.82, 2.24) is 9.80 Å². The first kappa shape index (κ1) is 18.0. The Balaban J connectivity index is 1.64. The number of rotatable bonds is 5. The predicted octanol–water partition coefficient (Wildman–Crippen LogP) is 2.96. The quantitative estimate of drug-likeness (QED) is 0.831. The summed E-state index contributed by atoms with van der Waals surface area (Å²) in [6, 6.07) is 16.7. The smallest absolute Gasteiger partial charge is 0.254 e. The molecule has 0 aromatic heterocycles. The van der Waals surface area contributed by atoms with Gasteiger partial charge in [0.1, 0.15) is 18.4 Å². The molecule has 0 spiro atoms. The van der Waals surface area contributed by atoms with Crippen molar-refractivity contribution in [3.63, 3.8) is 0 Å². The van der Waals surface area contributed by atoms with Gasteiger partial charge in [-0.05, 0) is 42.7 Å². The molecule has 1 aliphatic rings. The number of nitrogens with zero attached hydrogens (tertiary/aromatic N) is 2. The third kappa shape index (κ3) is 4.04. The van der Waals surface area contributed by atoms with Crippen LogP contribution in [0.25, 0.3) is 0 Å². The van der Waals surface area contributed by atoms with Crippen molar-refractivity contribution >= 4 is 11.8 Å². The highest BCUT2D eigenvalue weighted by atomic mass is 16.5. The second-order valence-corrected chi connectivity index (χ2v) is 6.69. The Kier molecular flexibility index (Phi) is 5.56. The number of likely N-dealkylation sites (N-methyl/N-ethyl adjacent to an activating group) is 1. The first-order valence-corrected chi connectivity index (χ1v) is 8.85. The van der Waals surface area contributed by atoms with Crippen molar-refractivity contribution in [2.75, 3.05) is 20.6 Å². The summed E-state index contributed by atoms with van der Waals surface area (Å²) >= 11 is 0. The molecule has 26 heavy (non-hydrogen) atoms. The zero-order valence-corrected chi connectivity index (χ0v) is 15.2. The number of amides is 2. The van der Waals surface area contributed by atoms with E-state index in [1.54, 1.807) is 48.2 Å². The summed E-state index contributed by atoms with van der Waals surface area (Å²) in [5.74, 6) is 0.601. The highest BCUT2D eigenvalue weighted by molar-refractivity contribution is 5.98. The molecule has 0 saturated carbocycles. The van der Waals surface area contributed by atoms with Gasteiger partial charge in [-0.1, -0.05) is 30.3 Å². The average molecular weight is 352 g/mol. The van der Waals surface area contributed by atoms with E-state index in [2.05, 4.69) is 0 Å². The van der Waals surface area contributed by atoms with Crippen LogP contribution in [0.3, 0.4) is 0 Å². The summed E-state index contributed by atoms with van der Waals surface area (Å²) in [6.45, 7) is 1.11. The van der Waals surface area contributed by atoms with Gasteiger partial charge in [0.25, 0.3) is 5.91 Å². The molecular weight excluding hydrogens is 328 g/mol. The molecule has 0 aliphatic carbocycles. The summed E-state index contributed by atoms with van der Waals surface area (Å²) in [6.07, 6.45) is 1.58. The normalized spacial score (nSPS) is 16.4. The molecule has 2 aromatic carbocycles. The zero-order valence-electron chi connectivity index (χ0n) is 15.2. The first-order chi connectivity index (χ1) is 12.6. The van der Waals surface area contributed by atoms with Crippen molar-refractivity contribution in [3.8, 4) is 5.75 Å². The Morgan fingerprint density at radius 1 is 1.08 bits per heavy atom. The van der Waals surface area contributed by atoms with Gasteiger partial charge in [-0.15, -0.1) is 0 Å². The van der Waals surface area contributed by atoms with Gasteiger partial charge in [-0.3, -0.25) is 9.59 Å². The standard InChI is InChI=1S/C21H24N2O3/c1-22(2)21(25)19-9-6-14-23(19)20(24)17-10-12-18(13-11-17)26-15-16-7-4-3-5-8-16/h3-5,7-8,10-13,19H,6,9,14-15H2,1-2H3. The molecule has 1 unspecified atom stereocenters. The predicted molar refractivity (Wildman–Crippen MR) is 100.0 cm³/mol. The topological polar surface area (TPSA) is 49.9 Å². The van der Waals surface area contributed by atoms with Crippen LogP contribution in [0.1, 0.15) is 28.8 Å². The fraction of sp³-hybridized carbons (Fsp3) is 0.333. The van der Waals surface area contributed by atoms with E-state index in [0.29, 0.717) is 24.5 Å². The van der Waals surface area contributed by atoms with Crippen molar-refractivity contribution in [1.29, 1.82) is 0 Å². The lowest BCUT2D eigenvalue weighted by atomic mass is 10.1. The Morgan fingerprint density at radius 2 is 1.77 bits per heavy atom. The molecule has 0 bridgehead atoms. The van der Waals surface area contributed by atoms with Crippen molar-refractivity contribution < 1.29 is 14.3 Å². The summed E-state index contributed by atoms with van der Waals surface area (Å²) in [7, 11) is 3.45. The fourth-order valence-electron chi connectivity index (χ4n) is 3.17. The molecule has 5 heteroatoms. The maximum Gasteiger partial charge on any atom is 0.254 e. The Bertz CT molecular complexity index is 757. The number of ether oxygens (including phenoxy) is 1. The molecule has 1 atom stereocenters. The molecule has 3 rings (SSSR count). The minimum absolute atomic E-state index is 0.0151. The largest absolute Gasteiger partial charge is 0.489 e. The summed E-state index contributed by atoms with van der Waals surface area (Å²) in [5.41, 5.74) is 1.67. The minimum Gasteiger partial charge on any atom is -0.489 e. The molecule has 5 nitrogen and oxygen atoms in total. The van der Waals surface area contributed by atoms with Crippen molar-refractivity contribution in [2.24, 2.45) is 0 Å². The monoisotopic (exact) mass is 352 g/mol. The second kappa shape index (κ2) is 8.04. The highest BCUT2D eigenvalue weighted by Gasteiger charge is 2.35. The summed E-state index contributed by atoms with van der Waals surface area (Å²) < 4.78 is 5.76. The number of hydrogen-bond acceptors (Lipinski definition) is 3. The lowest BCUT2D eigenvalue weighted by Crippen LogP contribution is -2.45. The average Bonchev–Trinajstić information content (AvgIpc) is 3.16. The van der Waals surface area contributed by atoms with E-state index in [1.165, 1.54) is 0 Å². The van der Waals surface area contributed by atoms with Gasteiger partial charge in [-0.2, -0.15) is 0 Å². The molecule has 1 aliphatic heterocycles. The van der Waals surface area contributed by atoms with Gasteiger partial charge in [0.2, 0.25) is 5.91 Å². The number of carbonyl (C=O) groups is 2. The van der Waals surface area contributed by atoms with Crippen molar-refractivity contribution in [3.05, 3.63) is 65.7 Å². The van der Waals surface area contributed by atoms with E-state index in [4.69, 9.17) is 4.74 Å². The van der Waals surface area contributed by atoms with Crippen LogP contribution in [0, 0.1) is 0 Å². The minimum atomic E-state index is -0.355. The van der Waals surface area contributed by atoms with E-state index in [1.807, 2.05) is 30.3 Å². The van der Waals surface area contributed by atoms with E-state index >= 15 is 0 Å². The number of hydrogen-bond donors (Lipinski definition) is 0. The van der Waals surface area contributed by atoms with Crippen LogP contribution in [-0.2, 0) is 11.4 Å². The molecule has 0 radical (unpaired) electrons. The summed E-state index contributed by atoms with van der Waals surface area (Å²) in [4.78, 5) is 28.3. The van der Waals surface area contributed by atoms with Crippen molar-refractivity contribution in [2.45, 2.75) is 25.5 Å². The van der Waals surface area contributed by atoms with Crippen LogP contribution in [0.15, 0.2) is 54.6 Å². The molecule has 2 amide bonds. The molecule has 1 fully saturated rings. The highest BCUT2D eigenvalue weighted by Crippen LogP contribution is 2.23. The van der Waals surface area contributed by atoms with Crippen LogP contribution in [0.4, 0.5) is 0 Å². The Hall–Kier alpha value is -2.82. The van der Waals surface area contributed by atoms with Gasteiger partial charge < -0.3 is 14.5 Å². The number of likely N-dealkylation sites (tertiary alicyclic amines) is 1. The number of carbonyl (C=O) groups excluding carboxylic acids is 2. The molecular formula is C21H24N2O3. The van der Waals surface area contributed by atoms with Crippen LogP contribution in [0.5, 0.6) is 5.75 Å². The molecule has 2 aromatic rings. The Labute approximate surface area is 154 Å². The van der Waals surface area contributed by atoms with E-state index in [0.717, 1.165) is 18.4 Å². The fourth-order valence-corrected chi connectivity index (χ4v) is 3.17. The van der Waals surface area contributed by atoms with Crippen LogP contribution in [-0.4, -0.2) is 48.3 Å². The molecule has 1 heterocycles. The maximum atomic E-state index is 12.8. The van der Waals surface area contributed by atoms with Gasteiger partial charge in [0.15, 0.2) is 0 Å². The van der Waals surface area contributed by atoms with Gasteiger partial charge in [0.05, 0.1) is 0 Å². The van der Waals surface area contributed by atoms with Gasteiger partial charge in [-0.25, -0.2) is 0 Å². The second-order valence-electron chi connectivity index (χ2n) is 6.69. The molecule has 136 valence electrons. The number of benzene rings is 2. The van der Waals surface area contributed by atoms with Gasteiger partial charge in [0, 0.05) is 26.2 Å². The third-order valence-corrected chi connectivity index (χ3v) is 4.59. The SMILES string of the molecule is CN(C)C(=O)C1CCCN1C(=O)c1ccc(OCc2ccccc2)cc1. The zero-order chi connectivity index (χ0) is 18.5.